The van der Waals surface area contributed by atoms with E-state index in [4.69, 9.17) is 5.73 Å². The third kappa shape index (κ3) is 3.07. The lowest BCUT2D eigenvalue weighted by Gasteiger charge is -2.16. The molecule has 0 spiro atoms. The first kappa shape index (κ1) is 12.6. The Morgan fingerprint density at radius 1 is 1.39 bits per heavy atom. The highest BCUT2D eigenvalue weighted by Gasteiger charge is 2.07. The van der Waals surface area contributed by atoms with Crippen LogP contribution in [0.2, 0.25) is 0 Å². The molecule has 4 nitrogen and oxygen atoms in total. The topological polar surface area (TPSA) is 47.1 Å². The summed E-state index contributed by atoms with van der Waals surface area (Å²) in [5, 5.41) is 4.11. The molecule has 2 N–H and O–H groups in total. The van der Waals surface area contributed by atoms with Crippen molar-refractivity contribution >= 4 is 5.69 Å². The standard InChI is InChI=1S/C13H17FN4/c1-17(7-10-6-16-18(2)8-10)9-11-3-4-12(15)5-13(11)14/h3-6,8H,7,9,15H2,1-2H3. The Hall–Kier alpha value is -1.88. The summed E-state index contributed by atoms with van der Waals surface area (Å²) in [6.07, 6.45) is 3.77. The summed E-state index contributed by atoms with van der Waals surface area (Å²) in [6.45, 7) is 1.28. The highest BCUT2D eigenvalue weighted by molar-refractivity contribution is 5.40. The van der Waals surface area contributed by atoms with Crippen LogP contribution >= 0.6 is 0 Å². The van der Waals surface area contributed by atoms with E-state index in [1.54, 1.807) is 16.8 Å². The van der Waals surface area contributed by atoms with E-state index >= 15 is 0 Å². The highest BCUT2D eigenvalue weighted by Crippen LogP contribution is 2.14. The first-order valence-corrected chi connectivity index (χ1v) is 5.74. The van der Waals surface area contributed by atoms with Crippen LogP contribution in [0.15, 0.2) is 30.6 Å². The molecule has 0 fully saturated rings. The van der Waals surface area contributed by atoms with Crippen LogP contribution in [-0.4, -0.2) is 21.7 Å². The Kier molecular flexibility index (Phi) is 3.62. The number of anilines is 1. The highest BCUT2D eigenvalue weighted by atomic mass is 19.1. The molecule has 2 rings (SSSR count). The van der Waals surface area contributed by atoms with Crippen molar-refractivity contribution in [3.05, 3.63) is 47.5 Å². The predicted molar refractivity (Wildman–Crippen MR) is 69.2 cm³/mol. The summed E-state index contributed by atoms with van der Waals surface area (Å²) in [6, 6.07) is 4.80. The summed E-state index contributed by atoms with van der Waals surface area (Å²) in [5.41, 5.74) is 7.73. The summed E-state index contributed by atoms with van der Waals surface area (Å²) in [5.74, 6) is -0.256. The maximum Gasteiger partial charge on any atom is 0.129 e. The zero-order valence-corrected chi connectivity index (χ0v) is 10.6. The number of benzene rings is 1. The lowest BCUT2D eigenvalue weighted by molar-refractivity contribution is 0.313. The summed E-state index contributed by atoms with van der Waals surface area (Å²) in [7, 11) is 3.83. The fourth-order valence-corrected chi connectivity index (χ4v) is 1.90. The van der Waals surface area contributed by atoms with Gasteiger partial charge in [0.25, 0.3) is 0 Å². The molecule has 0 unspecified atom stereocenters. The molecule has 1 aromatic heterocycles. The molecule has 0 bridgehead atoms. The number of aromatic nitrogens is 2. The fourth-order valence-electron chi connectivity index (χ4n) is 1.90. The van der Waals surface area contributed by atoms with Gasteiger partial charge >= 0.3 is 0 Å². The molecule has 0 aliphatic carbocycles. The third-order valence-electron chi connectivity index (χ3n) is 2.73. The zero-order chi connectivity index (χ0) is 13.1. The Labute approximate surface area is 106 Å². The molecule has 0 aliphatic rings. The number of rotatable bonds is 4. The Balaban J connectivity index is 2.00. The molecule has 0 saturated carbocycles. The van der Waals surface area contributed by atoms with E-state index in [1.807, 2.05) is 31.4 Å². The van der Waals surface area contributed by atoms with E-state index in [-0.39, 0.29) is 5.82 Å². The molecule has 0 amide bonds. The van der Waals surface area contributed by atoms with Gasteiger partial charge in [-0.15, -0.1) is 0 Å². The van der Waals surface area contributed by atoms with Gasteiger partial charge in [0.1, 0.15) is 5.82 Å². The third-order valence-corrected chi connectivity index (χ3v) is 2.73. The minimum absolute atomic E-state index is 0.256. The summed E-state index contributed by atoms with van der Waals surface area (Å²) in [4.78, 5) is 2.03. The van der Waals surface area contributed by atoms with Crippen LogP contribution in [0, 0.1) is 5.82 Å². The molecule has 5 heteroatoms. The monoisotopic (exact) mass is 248 g/mol. The summed E-state index contributed by atoms with van der Waals surface area (Å²) < 4.78 is 15.4. The van der Waals surface area contributed by atoms with Crippen molar-refractivity contribution in [2.24, 2.45) is 7.05 Å². The number of nitrogens with two attached hydrogens (primary N) is 1. The molecular formula is C13H17FN4. The number of hydrogen-bond acceptors (Lipinski definition) is 3. The van der Waals surface area contributed by atoms with Crippen LogP contribution in [0.1, 0.15) is 11.1 Å². The normalized spacial score (nSPS) is 11.1. The summed E-state index contributed by atoms with van der Waals surface area (Å²) >= 11 is 0. The Bertz CT molecular complexity index is 536. The van der Waals surface area contributed by atoms with Crippen molar-refractivity contribution in [2.45, 2.75) is 13.1 Å². The molecule has 2 aromatic rings. The van der Waals surface area contributed by atoms with E-state index < -0.39 is 0 Å². The fraction of sp³-hybridized carbons (Fsp3) is 0.308. The van der Waals surface area contributed by atoms with Gasteiger partial charge in [0, 0.05) is 43.1 Å². The van der Waals surface area contributed by atoms with E-state index in [2.05, 4.69) is 5.10 Å². The largest absolute Gasteiger partial charge is 0.399 e. The predicted octanol–water partition coefficient (Wildman–Crippen LogP) is 1.77. The molecule has 1 aromatic carbocycles. The lowest BCUT2D eigenvalue weighted by Crippen LogP contribution is -2.17. The van der Waals surface area contributed by atoms with Gasteiger partial charge in [0.05, 0.1) is 6.20 Å². The van der Waals surface area contributed by atoms with Crippen LogP contribution in [0.5, 0.6) is 0 Å². The van der Waals surface area contributed by atoms with Gasteiger partial charge < -0.3 is 5.73 Å². The number of nitrogen functional groups attached to an aromatic ring is 1. The quantitative estimate of drug-likeness (QED) is 0.839. The average molecular weight is 248 g/mol. The molecule has 0 aliphatic heterocycles. The maximum absolute atomic E-state index is 13.6. The second-order valence-electron chi connectivity index (χ2n) is 4.55. The van der Waals surface area contributed by atoms with Gasteiger partial charge in [-0.3, -0.25) is 9.58 Å². The van der Waals surface area contributed by atoms with Crippen molar-refractivity contribution in [3.63, 3.8) is 0 Å². The van der Waals surface area contributed by atoms with Crippen LogP contribution < -0.4 is 5.73 Å². The average Bonchev–Trinajstić information content (AvgIpc) is 2.68. The van der Waals surface area contributed by atoms with Crippen LogP contribution in [0.4, 0.5) is 10.1 Å². The molecule has 18 heavy (non-hydrogen) atoms. The molecule has 96 valence electrons. The zero-order valence-electron chi connectivity index (χ0n) is 10.6. The second-order valence-corrected chi connectivity index (χ2v) is 4.55. The first-order chi connectivity index (χ1) is 8.54. The Morgan fingerprint density at radius 2 is 2.17 bits per heavy atom. The molecule has 0 atom stereocenters. The molecule has 1 heterocycles. The minimum Gasteiger partial charge on any atom is -0.399 e. The maximum atomic E-state index is 13.6. The minimum atomic E-state index is -0.256. The van der Waals surface area contributed by atoms with Gasteiger partial charge in [-0.25, -0.2) is 4.39 Å². The number of aryl methyl sites for hydroxylation is 1. The second kappa shape index (κ2) is 5.18. The number of hydrogen-bond donors (Lipinski definition) is 1. The molecule has 0 radical (unpaired) electrons. The SMILES string of the molecule is CN(Cc1cnn(C)c1)Cc1ccc(N)cc1F. The number of halogens is 1. The van der Waals surface area contributed by atoms with Gasteiger partial charge in [-0.05, 0) is 19.2 Å². The molecule has 0 saturated heterocycles. The van der Waals surface area contributed by atoms with Crippen LogP contribution in [-0.2, 0) is 20.1 Å². The van der Waals surface area contributed by atoms with Crippen molar-refractivity contribution < 1.29 is 4.39 Å². The van der Waals surface area contributed by atoms with Crippen molar-refractivity contribution in [1.82, 2.24) is 14.7 Å². The Morgan fingerprint density at radius 3 is 2.78 bits per heavy atom. The van der Waals surface area contributed by atoms with Crippen LogP contribution in [0.3, 0.4) is 0 Å². The lowest BCUT2D eigenvalue weighted by atomic mass is 10.2. The van der Waals surface area contributed by atoms with Crippen molar-refractivity contribution in [1.29, 1.82) is 0 Å². The van der Waals surface area contributed by atoms with Crippen LogP contribution in [0.25, 0.3) is 0 Å². The molecular weight excluding hydrogens is 231 g/mol. The van der Waals surface area contributed by atoms with Gasteiger partial charge in [0.15, 0.2) is 0 Å². The van der Waals surface area contributed by atoms with E-state index in [0.717, 1.165) is 12.1 Å². The first-order valence-electron chi connectivity index (χ1n) is 5.74. The smallest absolute Gasteiger partial charge is 0.129 e. The van der Waals surface area contributed by atoms with Crippen molar-refractivity contribution in [2.75, 3.05) is 12.8 Å². The van der Waals surface area contributed by atoms with E-state index in [9.17, 15) is 4.39 Å². The van der Waals surface area contributed by atoms with E-state index in [1.165, 1.54) is 6.07 Å². The van der Waals surface area contributed by atoms with E-state index in [0.29, 0.717) is 17.8 Å². The van der Waals surface area contributed by atoms with Gasteiger partial charge in [-0.2, -0.15) is 5.10 Å². The van der Waals surface area contributed by atoms with Crippen molar-refractivity contribution in [3.8, 4) is 0 Å². The van der Waals surface area contributed by atoms with Gasteiger partial charge in [-0.1, -0.05) is 6.07 Å². The number of nitrogens with zero attached hydrogens (tertiary/aromatic N) is 3. The van der Waals surface area contributed by atoms with Gasteiger partial charge in [0.2, 0.25) is 0 Å².